The molecule has 2 atom stereocenters. The van der Waals surface area contributed by atoms with E-state index in [1.54, 1.807) is 0 Å². The van der Waals surface area contributed by atoms with E-state index in [0.717, 1.165) is 5.56 Å². The molecule has 1 aliphatic rings. The predicted octanol–water partition coefficient (Wildman–Crippen LogP) is 2.36. The van der Waals surface area contributed by atoms with Gasteiger partial charge in [-0.05, 0) is 5.56 Å². The number of ether oxygens (including phenoxy) is 1. The molecule has 0 saturated heterocycles. The van der Waals surface area contributed by atoms with Crippen molar-refractivity contribution >= 4 is 0 Å². The Morgan fingerprint density at radius 1 is 1.00 bits per heavy atom. The van der Waals surface area contributed by atoms with Crippen molar-refractivity contribution in [2.45, 2.75) is 18.6 Å². The van der Waals surface area contributed by atoms with Crippen molar-refractivity contribution in [2.24, 2.45) is 0 Å². The quantitative estimate of drug-likeness (QED) is 0.599. The molecule has 0 bridgehead atoms. The third kappa shape index (κ3) is 1.92. The number of rotatable bonds is 1. The highest BCUT2D eigenvalue weighted by Gasteiger charge is 2.32. The molecule has 2 aromatic rings. The monoisotopic (exact) mass is 274 g/mol. The first-order chi connectivity index (χ1) is 9.58. The molecule has 20 heavy (non-hydrogen) atoms. The first kappa shape index (κ1) is 12.6. The minimum Gasteiger partial charge on any atom is -0.504 e. The lowest BCUT2D eigenvalue weighted by atomic mass is 9.94. The second-order valence-corrected chi connectivity index (χ2v) is 4.77. The van der Waals surface area contributed by atoms with Crippen LogP contribution >= 0.6 is 0 Å². The number of hydrogen-bond donors (Lipinski definition) is 4. The molecular weight excluding hydrogens is 260 g/mol. The van der Waals surface area contributed by atoms with Gasteiger partial charge in [0.15, 0.2) is 11.5 Å². The van der Waals surface area contributed by atoms with Crippen molar-refractivity contribution in [1.29, 1.82) is 0 Å². The topological polar surface area (TPSA) is 90.2 Å². The van der Waals surface area contributed by atoms with Gasteiger partial charge in [0.25, 0.3) is 0 Å². The van der Waals surface area contributed by atoms with Crippen molar-refractivity contribution in [1.82, 2.24) is 0 Å². The van der Waals surface area contributed by atoms with Gasteiger partial charge in [-0.1, -0.05) is 30.3 Å². The second-order valence-electron chi connectivity index (χ2n) is 4.77. The van der Waals surface area contributed by atoms with Crippen LogP contribution in [0.25, 0.3) is 0 Å². The van der Waals surface area contributed by atoms with Gasteiger partial charge in [-0.2, -0.15) is 0 Å². The van der Waals surface area contributed by atoms with E-state index in [4.69, 9.17) is 4.74 Å². The molecule has 5 heteroatoms. The molecule has 1 heterocycles. The Morgan fingerprint density at radius 2 is 1.70 bits per heavy atom. The summed E-state index contributed by atoms with van der Waals surface area (Å²) in [5.41, 5.74) is 0.997. The smallest absolute Gasteiger partial charge is 0.200 e. The van der Waals surface area contributed by atoms with Crippen LogP contribution < -0.4 is 4.74 Å². The summed E-state index contributed by atoms with van der Waals surface area (Å²) in [4.78, 5) is 0. The van der Waals surface area contributed by atoms with Crippen LogP contribution in [0.4, 0.5) is 0 Å². The number of phenolic OH excluding ortho intramolecular Hbond substituents is 3. The Morgan fingerprint density at radius 3 is 2.40 bits per heavy atom. The van der Waals surface area contributed by atoms with Gasteiger partial charge in [-0.25, -0.2) is 0 Å². The molecule has 4 N–H and O–H groups in total. The lowest BCUT2D eigenvalue weighted by Gasteiger charge is -2.30. The fourth-order valence-corrected chi connectivity index (χ4v) is 2.45. The molecule has 0 aliphatic carbocycles. The lowest BCUT2D eigenvalue weighted by Crippen LogP contribution is -2.19. The van der Waals surface area contributed by atoms with Gasteiger partial charge in [-0.3, -0.25) is 0 Å². The van der Waals surface area contributed by atoms with Gasteiger partial charge in [-0.15, -0.1) is 0 Å². The second kappa shape index (κ2) is 4.61. The molecule has 0 fully saturated rings. The Balaban J connectivity index is 2.04. The Labute approximate surface area is 115 Å². The van der Waals surface area contributed by atoms with E-state index in [-0.39, 0.29) is 23.8 Å². The van der Waals surface area contributed by atoms with E-state index in [2.05, 4.69) is 0 Å². The summed E-state index contributed by atoms with van der Waals surface area (Å²) >= 11 is 0. The normalized spacial score (nSPS) is 21.1. The van der Waals surface area contributed by atoms with Crippen LogP contribution in [0.3, 0.4) is 0 Å². The molecule has 3 rings (SSSR count). The summed E-state index contributed by atoms with van der Waals surface area (Å²) < 4.78 is 5.71. The number of fused-ring (bicyclic) bond motifs is 1. The summed E-state index contributed by atoms with van der Waals surface area (Å²) in [7, 11) is 0. The fraction of sp³-hybridized carbons (Fsp3) is 0.200. The van der Waals surface area contributed by atoms with Gasteiger partial charge < -0.3 is 25.2 Å². The average Bonchev–Trinajstić information content (AvgIpc) is 2.45. The Bertz CT molecular complexity index is 638. The van der Waals surface area contributed by atoms with Crippen LogP contribution in [-0.2, 0) is 0 Å². The molecule has 0 amide bonds. The van der Waals surface area contributed by atoms with Crippen molar-refractivity contribution in [3.8, 4) is 23.0 Å². The molecule has 5 nitrogen and oxygen atoms in total. The summed E-state index contributed by atoms with van der Waals surface area (Å²) in [6.45, 7) is 0. The Hall–Kier alpha value is -2.40. The highest BCUT2D eigenvalue weighted by molar-refractivity contribution is 5.61. The van der Waals surface area contributed by atoms with Gasteiger partial charge in [0.1, 0.15) is 11.9 Å². The maximum absolute atomic E-state index is 10.2. The van der Waals surface area contributed by atoms with E-state index in [1.165, 1.54) is 6.07 Å². The van der Waals surface area contributed by atoms with Crippen molar-refractivity contribution in [2.75, 3.05) is 0 Å². The number of aromatic hydroxyl groups is 3. The SMILES string of the molecule is Oc1cc2c(c(O)c1O)C(O)CC(c1ccccc1)O2. The van der Waals surface area contributed by atoms with Gasteiger partial charge in [0, 0.05) is 12.5 Å². The minimum atomic E-state index is -0.976. The molecule has 2 unspecified atom stereocenters. The molecular formula is C15H14O5. The molecule has 0 radical (unpaired) electrons. The standard InChI is InChI=1S/C15H14O5/c16-9-6-11(8-4-2-1-3-5-8)20-12-7-10(17)14(18)15(19)13(9)12/h1-5,7,9,11,16-19H,6H2. The van der Waals surface area contributed by atoms with E-state index >= 15 is 0 Å². The number of phenols is 3. The summed E-state index contributed by atoms with van der Waals surface area (Å²) in [6.07, 6.45) is -1.09. The van der Waals surface area contributed by atoms with Crippen LogP contribution in [0, 0.1) is 0 Å². The molecule has 0 spiro atoms. The zero-order valence-electron chi connectivity index (χ0n) is 10.5. The Kier molecular flexibility index (Phi) is 2.91. The maximum Gasteiger partial charge on any atom is 0.200 e. The molecule has 2 aromatic carbocycles. The largest absolute Gasteiger partial charge is 0.504 e. The highest BCUT2D eigenvalue weighted by atomic mass is 16.5. The highest BCUT2D eigenvalue weighted by Crippen LogP contribution is 2.51. The lowest BCUT2D eigenvalue weighted by molar-refractivity contribution is 0.0626. The van der Waals surface area contributed by atoms with Gasteiger partial charge in [0.2, 0.25) is 5.75 Å². The van der Waals surface area contributed by atoms with Gasteiger partial charge in [0.05, 0.1) is 11.7 Å². The van der Waals surface area contributed by atoms with E-state index in [1.807, 2.05) is 30.3 Å². The molecule has 104 valence electrons. The first-order valence-corrected chi connectivity index (χ1v) is 6.25. The summed E-state index contributed by atoms with van der Waals surface area (Å²) in [6, 6.07) is 10.6. The predicted molar refractivity (Wildman–Crippen MR) is 70.8 cm³/mol. The van der Waals surface area contributed by atoms with Crippen LogP contribution in [0.5, 0.6) is 23.0 Å². The molecule has 1 aliphatic heterocycles. The zero-order chi connectivity index (χ0) is 14.3. The third-order valence-electron chi connectivity index (χ3n) is 3.47. The third-order valence-corrected chi connectivity index (χ3v) is 3.47. The zero-order valence-corrected chi connectivity index (χ0v) is 10.5. The minimum absolute atomic E-state index is 0.104. The van der Waals surface area contributed by atoms with E-state index in [9.17, 15) is 20.4 Å². The van der Waals surface area contributed by atoms with Crippen molar-refractivity contribution in [3.05, 3.63) is 47.5 Å². The van der Waals surface area contributed by atoms with E-state index < -0.39 is 23.4 Å². The fourth-order valence-electron chi connectivity index (χ4n) is 2.45. The molecule has 0 aromatic heterocycles. The number of hydrogen-bond acceptors (Lipinski definition) is 5. The summed E-state index contributed by atoms with van der Waals surface area (Å²) in [5, 5.41) is 39.0. The van der Waals surface area contributed by atoms with Crippen LogP contribution in [-0.4, -0.2) is 20.4 Å². The van der Waals surface area contributed by atoms with E-state index in [0.29, 0.717) is 0 Å². The van der Waals surface area contributed by atoms with Crippen molar-refractivity contribution < 1.29 is 25.2 Å². The first-order valence-electron chi connectivity index (χ1n) is 6.25. The number of benzene rings is 2. The van der Waals surface area contributed by atoms with Gasteiger partial charge >= 0.3 is 0 Å². The number of aliphatic hydroxyl groups excluding tert-OH is 1. The van der Waals surface area contributed by atoms with Crippen LogP contribution in [0.1, 0.15) is 29.8 Å². The molecule has 0 saturated carbocycles. The maximum atomic E-state index is 10.2. The van der Waals surface area contributed by atoms with Crippen LogP contribution in [0.2, 0.25) is 0 Å². The summed E-state index contributed by atoms with van der Waals surface area (Å²) in [5.74, 6) is -1.50. The van der Waals surface area contributed by atoms with Crippen molar-refractivity contribution in [3.63, 3.8) is 0 Å². The van der Waals surface area contributed by atoms with Crippen LogP contribution in [0.15, 0.2) is 36.4 Å². The number of aliphatic hydroxyl groups is 1. The average molecular weight is 274 g/mol.